The van der Waals surface area contributed by atoms with Gasteiger partial charge in [0.1, 0.15) is 5.82 Å². The van der Waals surface area contributed by atoms with Gasteiger partial charge in [0.05, 0.1) is 16.3 Å². The summed E-state index contributed by atoms with van der Waals surface area (Å²) < 4.78 is 1.76. The average Bonchev–Trinajstić information content (AvgIpc) is 2.44. The van der Waals surface area contributed by atoms with Crippen molar-refractivity contribution in [1.82, 2.24) is 9.55 Å². The number of nitrogens with zero attached hydrogens (tertiary/aromatic N) is 2. The summed E-state index contributed by atoms with van der Waals surface area (Å²) >= 11 is 6.40. The molecule has 1 heterocycles. The van der Waals surface area contributed by atoms with E-state index in [4.69, 9.17) is 11.6 Å². The van der Waals surface area contributed by atoms with Gasteiger partial charge < -0.3 is 0 Å². The Morgan fingerprint density at radius 1 is 1.29 bits per heavy atom. The predicted molar refractivity (Wildman–Crippen MR) is 89.0 cm³/mol. The van der Waals surface area contributed by atoms with Crippen molar-refractivity contribution in [2.45, 2.75) is 52.5 Å². The molecule has 0 bridgehead atoms. The summed E-state index contributed by atoms with van der Waals surface area (Å²) in [4.78, 5) is 17.4. The van der Waals surface area contributed by atoms with E-state index in [1.807, 2.05) is 31.2 Å². The molecule has 0 N–H and O–H groups in total. The summed E-state index contributed by atoms with van der Waals surface area (Å²) in [6, 6.07) is 7.47. The Bertz CT molecular complexity index is 685. The van der Waals surface area contributed by atoms with Gasteiger partial charge in [-0.05, 0) is 30.4 Å². The van der Waals surface area contributed by atoms with E-state index in [0.717, 1.165) is 18.4 Å². The van der Waals surface area contributed by atoms with Crippen LogP contribution >= 0.6 is 11.6 Å². The summed E-state index contributed by atoms with van der Waals surface area (Å²) in [7, 11) is 0. The van der Waals surface area contributed by atoms with Gasteiger partial charge in [0, 0.05) is 6.54 Å². The zero-order chi connectivity index (χ0) is 15.6. The second-order valence-corrected chi connectivity index (χ2v) is 7.16. The zero-order valence-corrected chi connectivity index (χ0v) is 13.9. The minimum atomic E-state index is -0.234. The minimum Gasteiger partial charge on any atom is -0.295 e. The van der Waals surface area contributed by atoms with Crippen LogP contribution in [0.1, 0.15) is 51.7 Å². The highest BCUT2D eigenvalue weighted by atomic mass is 35.5. The maximum Gasteiger partial charge on any atom is 0.261 e. The van der Waals surface area contributed by atoms with Gasteiger partial charge in [0.2, 0.25) is 0 Å². The van der Waals surface area contributed by atoms with E-state index >= 15 is 0 Å². The van der Waals surface area contributed by atoms with Crippen molar-refractivity contribution in [3.05, 3.63) is 40.4 Å². The highest BCUT2D eigenvalue weighted by Gasteiger charge is 2.18. The topological polar surface area (TPSA) is 34.9 Å². The zero-order valence-electron chi connectivity index (χ0n) is 13.2. The van der Waals surface area contributed by atoms with Crippen molar-refractivity contribution in [3.63, 3.8) is 0 Å². The summed E-state index contributed by atoms with van der Waals surface area (Å²) in [5.74, 6) is 0.687. The molecule has 1 aromatic heterocycles. The van der Waals surface area contributed by atoms with Crippen LogP contribution in [0.5, 0.6) is 0 Å². The molecule has 114 valence electrons. The molecule has 0 aliphatic carbocycles. The van der Waals surface area contributed by atoms with E-state index in [-0.39, 0.29) is 16.4 Å². The largest absolute Gasteiger partial charge is 0.295 e. The molecule has 2 aromatic rings. The molecule has 0 aliphatic rings. The minimum absolute atomic E-state index is 0.0129. The third kappa shape index (κ3) is 3.65. The van der Waals surface area contributed by atoms with Crippen molar-refractivity contribution in [2.75, 3.05) is 0 Å². The molecule has 0 saturated carbocycles. The highest BCUT2D eigenvalue weighted by Crippen LogP contribution is 2.25. The first-order chi connectivity index (χ1) is 9.83. The van der Waals surface area contributed by atoms with Crippen molar-refractivity contribution >= 4 is 22.5 Å². The first-order valence-electron chi connectivity index (χ1n) is 7.47. The van der Waals surface area contributed by atoms with Crippen molar-refractivity contribution in [2.24, 2.45) is 5.41 Å². The lowest BCUT2D eigenvalue weighted by atomic mass is 9.92. The fourth-order valence-corrected chi connectivity index (χ4v) is 2.44. The molecule has 1 aromatic carbocycles. The van der Waals surface area contributed by atoms with Crippen molar-refractivity contribution < 1.29 is 0 Å². The van der Waals surface area contributed by atoms with Crippen LogP contribution in [0.3, 0.4) is 0 Å². The van der Waals surface area contributed by atoms with Gasteiger partial charge >= 0.3 is 0 Å². The smallest absolute Gasteiger partial charge is 0.261 e. The second-order valence-electron chi connectivity index (χ2n) is 6.63. The molecule has 1 unspecified atom stereocenters. The molecule has 21 heavy (non-hydrogen) atoms. The number of hydrogen-bond donors (Lipinski definition) is 0. The van der Waals surface area contributed by atoms with Crippen LogP contribution in [-0.4, -0.2) is 9.55 Å². The van der Waals surface area contributed by atoms with E-state index in [1.165, 1.54) is 0 Å². The number of rotatable bonds is 4. The monoisotopic (exact) mass is 306 g/mol. The van der Waals surface area contributed by atoms with Gasteiger partial charge in [0.25, 0.3) is 5.56 Å². The number of alkyl halides is 1. The van der Waals surface area contributed by atoms with E-state index in [9.17, 15) is 4.79 Å². The van der Waals surface area contributed by atoms with E-state index in [0.29, 0.717) is 17.8 Å². The summed E-state index contributed by atoms with van der Waals surface area (Å²) in [5.41, 5.74) is 0.902. The van der Waals surface area contributed by atoms with Crippen LogP contribution in [0.25, 0.3) is 10.9 Å². The van der Waals surface area contributed by atoms with Crippen LogP contribution in [-0.2, 0) is 6.54 Å². The molecule has 0 fully saturated rings. The van der Waals surface area contributed by atoms with Gasteiger partial charge in [-0.2, -0.15) is 0 Å². The molecule has 0 saturated heterocycles. The molecular formula is C17H23ClN2O. The Morgan fingerprint density at radius 2 is 1.95 bits per heavy atom. The Kier molecular flexibility index (Phi) is 4.72. The summed E-state index contributed by atoms with van der Waals surface area (Å²) in [6.07, 6.45) is 1.66. The lowest BCUT2D eigenvalue weighted by Crippen LogP contribution is -2.28. The lowest BCUT2D eigenvalue weighted by Gasteiger charge is -2.21. The SMILES string of the molecule is CCC(Cl)c1nc2ccccc2c(=O)n1CCC(C)(C)C. The van der Waals surface area contributed by atoms with Crippen LogP contribution in [0.2, 0.25) is 0 Å². The third-order valence-electron chi connectivity index (χ3n) is 3.62. The molecule has 0 radical (unpaired) electrons. The van der Waals surface area contributed by atoms with Gasteiger partial charge in [-0.1, -0.05) is 39.8 Å². The number of hydrogen-bond acceptors (Lipinski definition) is 2. The Labute approximate surface area is 131 Å². The predicted octanol–water partition coefficient (Wildman–Crippen LogP) is 4.52. The van der Waals surface area contributed by atoms with Gasteiger partial charge in [-0.15, -0.1) is 11.6 Å². The van der Waals surface area contributed by atoms with Crippen LogP contribution in [0.15, 0.2) is 29.1 Å². The van der Waals surface area contributed by atoms with Crippen LogP contribution in [0.4, 0.5) is 0 Å². The maximum atomic E-state index is 12.8. The Balaban J connectivity index is 2.58. The highest BCUT2D eigenvalue weighted by molar-refractivity contribution is 6.20. The molecular weight excluding hydrogens is 284 g/mol. The first kappa shape index (κ1) is 16.0. The summed E-state index contributed by atoms with van der Waals surface area (Å²) in [5, 5.41) is 0.428. The summed E-state index contributed by atoms with van der Waals surface area (Å²) in [6.45, 7) is 9.17. The molecule has 2 rings (SSSR count). The van der Waals surface area contributed by atoms with E-state index in [2.05, 4.69) is 25.8 Å². The number of aromatic nitrogens is 2. The molecule has 0 aliphatic heterocycles. The number of fused-ring (bicyclic) bond motifs is 1. The van der Waals surface area contributed by atoms with Gasteiger partial charge in [-0.3, -0.25) is 9.36 Å². The molecule has 3 nitrogen and oxygen atoms in total. The standard InChI is InChI=1S/C17H23ClN2O/c1-5-13(18)15-19-14-9-7-6-8-12(14)16(21)20(15)11-10-17(2,3)4/h6-9,13H,5,10-11H2,1-4H3. The van der Waals surface area contributed by atoms with E-state index in [1.54, 1.807) is 4.57 Å². The molecule has 0 amide bonds. The number of halogens is 1. The quantitative estimate of drug-likeness (QED) is 0.778. The Morgan fingerprint density at radius 3 is 2.57 bits per heavy atom. The third-order valence-corrected chi connectivity index (χ3v) is 4.12. The average molecular weight is 307 g/mol. The molecule has 1 atom stereocenters. The number of para-hydroxylation sites is 1. The fraction of sp³-hybridized carbons (Fsp3) is 0.529. The van der Waals surface area contributed by atoms with Gasteiger partial charge in [-0.25, -0.2) is 4.98 Å². The lowest BCUT2D eigenvalue weighted by molar-refractivity contribution is 0.343. The van der Waals surface area contributed by atoms with Crippen molar-refractivity contribution in [1.29, 1.82) is 0 Å². The second kappa shape index (κ2) is 6.18. The van der Waals surface area contributed by atoms with Gasteiger partial charge in [0.15, 0.2) is 0 Å². The molecule has 4 heteroatoms. The van der Waals surface area contributed by atoms with Crippen molar-refractivity contribution in [3.8, 4) is 0 Å². The normalized spacial score (nSPS) is 13.6. The maximum absolute atomic E-state index is 12.8. The van der Waals surface area contributed by atoms with Crippen LogP contribution < -0.4 is 5.56 Å². The van der Waals surface area contributed by atoms with E-state index < -0.39 is 0 Å². The van der Waals surface area contributed by atoms with Crippen LogP contribution in [0, 0.1) is 5.41 Å². The first-order valence-corrected chi connectivity index (χ1v) is 7.90. The Hall–Kier alpha value is -1.35. The number of benzene rings is 1. The molecule has 0 spiro atoms. The fourth-order valence-electron chi connectivity index (χ4n) is 2.27.